The van der Waals surface area contributed by atoms with Crippen molar-refractivity contribution < 1.29 is 0 Å². The van der Waals surface area contributed by atoms with Gasteiger partial charge in [-0.05, 0) is 18.4 Å². The van der Waals surface area contributed by atoms with Crippen LogP contribution in [-0.4, -0.2) is 12.6 Å². The summed E-state index contributed by atoms with van der Waals surface area (Å²) in [7, 11) is 0. The molecule has 0 saturated heterocycles. The summed E-state index contributed by atoms with van der Waals surface area (Å²) in [5, 5.41) is 6.11. The van der Waals surface area contributed by atoms with Crippen molar-refractivity contribution in [3.8, 4) is 0 Å². The first kappa shape index (κ1) is 9.99. The fourth-order valence-electron chi connectivity index (χ4n) is 0.801. The quantitative estimate of drug-likeness (QED) is 0.786. The molecule has 2 nitrogen and oxygen atoms in total. The van der Waals surface area contributed by atoms with Crippen LogP contribution >= 0.6 is 22.9 Å². The molecule has 0 saturated carbocycles. The predicted octanol–water partition coefficient (Wildman–Crippen LogP) is 1.84. The van der Waals surface area contributed by atoms with E-state index in [0.29, 0.717) is 12.6 Å². The third-order valence-corrected chi connectivity index (χ3v) is 3.04. The SMILES string of the molecule is C[C@H](CN)NCc1sccc1Cl. The zero-order valence-electron chi connectivity index (χ0n) is 7.01. The predicted molar refractivity (Wildman–Crippen MR) is 54.7 cm³/mol. The van der Waals surface area contributed by atoms with Gasteiger partial charge >= 0.3 is 0 Å². The third-order valence-electron chi connectivity index (χ3n) is 1.66. The van der Waals surface area contributed by atoms with E-state index in [1.54, 1.807) is 11.3 Å². The van der Waals surface area contributed by atoms with Crippen LogP contribution in [0.15, 0.2) is 11.4 Å². The van der Waals surface area contributed by atoms with E-state index in [4.69, 9.17) is 17.3 Å². The Bertz CT molecular complexity index is 237. The van der Waals surface area contributed by atoms with Crippen molar-refractivity contribution in [2.75, 3.05) is 6.54 Å². The molecule has 0 bridgehead atoms. The van der Waals surface area contributed by atoms with Gasteiger partial charge in [-0.15, -0.1) is 11.3 Å². The lowest BCUT2D eigenvalue weighted by Crippen LogP contribution is -2.32. The van der Waals surface area contributed by atoms with Gasteiger partial charge in [-0.3, -0.25) is 0 Å². The van der Waals surface area contributed by atoms with Crippen LogP contribution in [0, 0.1) is 0 Å². The number of rotatable bonds is 4. The highest BCUT2D eigenvalue weighted by atomic mass is 35.5. The van der Waals surface area contributed by atoms with Crippen LogP contribution in [0.25, 0.3) is 0 Å². The monoisotopic (exact) mass is 204 g/mol. The zero-order chi connectivity index (χ0) is 8.97. The number of nitrogens with one attached hydrogen (secondary N) is 1. The second kappa shape index (κ2) is 4.82. The average Bonchev–Trinajstić information content (AvgIpc) is 2.47. The lowest BCUT2D eigenvalue weighted by atomic mass is 10.3. The molecular formula is C8H13ClN2S. The topological polar surface area (TPSA) is 38.0 Å². The van der Waals surface area contributed by atoms with E-state index in [2.05, 4.69) is 12.2 Å². The first-order valence-corrected chi connectivity index (χ1v) is 5.15. The van der Waals surface area contributed by atoms with E-state index < -0.39 is 0 Å². The zero-order valence-corrected chi connectivity index (χ0v) is 8.58. The summed E-state index contributed by atoms with van der Waals surface area (Å²) in [5.74, 6) is 0. The smallest absolute Gasteiger partial charge is 0.0558 e. The molecule has 1 atom stereocenters. The first-order chi connectivity index (χ1) is 5.74. The number of nitrogens with two attached hydrogens (primary N) is 1. The van der Waals surface area contributed by atoms with Gasteiger partial charge in [-0.2, -0.15) is 0 Å². The standard InChI is InChI=1S/C8H13ClN2S/c1-6(4-10)11-5-8-7(9)2-3-12-8/h2-3,6,11H,4-5,10H2,1H3/t6-/m1/s1. The van der Waals surface area contributed by atoms with Crippen molar-refractivity contribution in [1.82, 2.24) is 5.32 Å². The van der Waals surface area contributed by atoms with Gasteiger partial charge in [-0.25, -0.2) is 0 Å². The van der Waals surface area contributed by atoms with Gasteiger partial charge in [0.25, 0.3) is 0 Å². The molecular weight excluding hydrogens is 192 g/mol. The van der Waals surface area contributed by atoms with Gasteiger partial charge in [0.2, 0.25) is 0 Å². The Kier molecular flexibility index (Phi) is 4.01. The highest BCUT2D eigenvalue weighted by molar-refractivity contribution is 7.10. The Morgan fingerprint density at radius 1 is 1.75 bits per heavy atom. The molecule has 0 amide bonds. The molecule has 68 valence electrons. The summed E-state index contributed by atoms with van der Waals surface area (Å²) in [6.07, 6.45) is 0. The lowest BCUT2D eigenvalue weighted by molar-refractivity contribution is 0.560. The van der Waals surface area contributed by atoms with Crippen LogP contribution < -0.4 is 11.1 Å². The van der Waals surface area contributed by atoms with Gasteiger partial charge in [0.15, 0.2) is 0 Å². The molecule has 0 aliphatic heterocycles. The summed E-state index contributed by atoms with van der Waals surface area (Å²) in [5.41, 5.74) is 5.46. The maximum atomic E-state index is 5.91. The molecule has 1 aromatic rings. The molecule has 12 heavy (non-hydrogen) atoms. The second-order valence-corrected chi connectivity index (χ2v) is 4.12. The van der Waals surface area contributed by atoms with E-state index in [0.717, 1.165) is 11.6 Å². The van der Waals surface area contributed by atoms with Gasteiger partial charge in [0.05, 0.1) is 5.02 Å². The fraction of sp³-hybridized carbons (Fsp3) is 0.500. The van der Waals surface area contributed by atoms with Crippen LogP contribution in [0.1, 0.15) is 11.8 Å². The highest BCUT2D eigenvalue weighted by Gasteiger charge is 2.02. The Morgan fingerprint density at radius 2 is 2.50 bits per heavy atom. The maximum Gasteiger partial charge on any atom is 0.0558 e. The maximum absolute atomic E-state index is 5.91. The van der Waals surface area contributed by atoms with Crippen molar-refractivity contribution >= 4 is 22.9 Å². The Balaban J connectivity index is 2.38. The molecule has 4 heteroatoms. The summed E-state index contributed by atoms with van der Waals surface area (Å²) in [6.45, 7) is 3.53. The van der Waals surface area contributed by atoms with Gasteiger partial charge in [0.1, 0.15) is 0 Å². The Labute approximate surface area is 81.7 Å². The normalized spacial score (nSPS) is 13.2. The fourth-order valence-corrected chi connectivity index (χ4v) is 1.86. The number of halogens is 1. The minimum Gasteiger partial charge on any atom is -0.329 e. The lowest BCUT2D eigenvalue weighted by Gasteiger charge is -2.09. The van der Waals surface area contributed by atoms with Crippen molar-refractivity contribution in [2.24, 2.45) is 5.73 Å². The molecule has 0 aromatic carbocycles. The van der Waals surface area contributed by atoms with Crippen LogP contribution in [0.4, 0.5) is 0 Å². The molecule has 0 aliphatic carbocycles. The molecule has 1 rings (SSSR count). The Hall–Kier alpha value is -0.0900. The summed E-state index contributed by atoms with van der Waals surface area (Å²) >= 11 is 7.57. The largest absolute Gasteiger partial charge is 0.329 e. The first-order valence-electron chi connectivity index (χ1n) is 3.89. The molecule has 0 radical (unpaired) electrons. The van der Waals surface area contributed by atoms with E-state index in [9.17, 15) is 0 Å². The molecule has 1 heterocycles. The number of hydrogen-bond donors (Lipinski definition) is 2. The molecule has 0 aliphatic rings. The van der Waals surface area contributed by atoms with Crippen LogP contribution in [0.2, 0.25) is 5.02 Å². The molecule has 1 aromatic heterocycles. The molecule has 3 N–H and O–H groups in total. The summed E-state index contributed by atoms with van der Waals surface area (Å²) < 4.78 is 0. The number of thiophene rings is 1. The van der Waals surface area contributed by atoms with Crippen molar-refractivity contribution in [2.45, 2.75) is 19.5 Å². The van der Waals surface area contributed by atoms with Crippen LogP contribution in [-0.2, 0) is 6.54 Å². The summed E-state index contributed by atoms with van der Waals surface area (Å²) in [6, 6.07) is 2.26. The van der Waals surface area contributed by atoms with Gasteiger partial charge < -0.3 is 11.1 Å². The van der Waals surface area contributed by atoms with Crippen LogP contribution in [0.3, 0.4) is 0 Å². The van der Waals surface area contributed by atoms with Crippen molar-refractivity contribution in [3.63, 3.8) is 0 Å². The molecule has 0 spiro atoms. The van der Waals surface area contributed by atoms with Crippen molar-refractivity contribution in [3.05, 3.63) is 21.3 Å². The van der Waals surface area contributed by atoms with E-state index >= 15 is 0 Å². The number of hydrogen-bond acceptors (Lipinski definition) is 3. The third kappa shape index (κ3) is 2.75. The summed E-state index contributed by atoms with van der Waals surface area (Å²) in [4.78, 5) is 1.18. The molecule has 0 fully saturated rings. The minimum atomic E-state index is 0.350. The Morgan fingerprint density at radius 3 is 3.00 bits per heavy atom. The van der Waals surface area contributed by atoms with E-state index in [1.165, 1.54) is 4.88 Å². The minimum absolute atomic E-state index is 0.350. The van der Waals surface area contributed by atoms with Gasteiger partial charge in [-0.1, -0.05) is 11.6 Å². The molecule has 0 unspecified atom stereocenters. The van der Waals surface area contributed by atoms with Gasteiger partial charge in [0, 0.05) is 24.0 Å². The van der Waals surface area contributed by atoms with E-state index in [-0.39, 0.29) is 0 Å². The van der Waals surface area contributed by atoms with Crippen LogP contribution in [0.5, 0.6) is 0 Å². The van der Waals surface area contributed by atoms with E-state index in [1.807, 2.05) is 11.4 Å². The second-order valence-electron chi connectivity index (χ2n) is 2.71. The average molecular weight is 205 g/mol. The highest BCUT2D eigenvalue weighted by Crippen LogP contribution is 2.21. The van der Waals surface area contributed by atoms with Crippen molar-refractivity contribution in [1.29, 1.82) is 0 Å².